The number of nitrogens with one attached hydrogen (secondary N) is 2. The van der Waals surface area contributed by atoms with Crippen LogP contribution in [0.2, 0.25) is 0 Å². The Kier molecular flexibility index (Phi) is 5.85. The number of para-hydroxylation sites is 1. The van der Waals surface area contributed by atoms with Gasteiger partial charge in [-0.15, -0.1) is 0 Å². The molecule has 0 radical (unpaired) electrons. The maximum atomic E-state index is 12.8. The van der Waals surface area contributed by atoms with E-state index in [0.717, 1.165) is 57.0 Å². The molecule has 2 aromatic rings. The number of amidine groups is 1. The first-order valence-electron chi connectivity index (χ1n) is 11.6. The van der Waals surface area contributed by atoms with Gasteiger partial charge < -0.3 is 25.0 Å². The standard InChI is InChI=1S/C25H31N5O3/c1-32-18-8-9-22(33-2)21(16-18)27-23(31)17-29-14-10-25(11-15-29)28-20-7-4-3-6-19(20)24-26-12-5-13-30(24)25/h3-4,6-9,16,28H,5,10-15,17H2,1-2H3,(H,27,31). The van der Waals surface area contributed by atoms with Gasteiger partial charge in [0.05, 0.1) is 26.5 Å². The molecule has 1 amide bonds. The fraction of sp³-hybridized carbons (Fsp3) is 0.440. The second-order valence-corrected chi connectivity index (χ2v) is 8.80. The first-order chi connectivity index (χ1) is 16.1. The molecule has 1 fully saturated rings. The second-order valence-electron chi connectivity index (χ2n) is 8.80. The molecule has 0 unspecified atom stereocenters. The third-order valence-corrected chi connectivity index (χ3v) is 6.84. The second kappa shape index (κ2) is 8.94. The van der Waals surface area contributed by atoms with E-state index in [-0.39, 0.29) is 11.6 Å². The van der Waals surface area contributed by atoms with Crippen molar-refractivity contribution in [2.45, 2.75) is 24.9 Å². The first kappa shape index (κ1) is 21.6. The number of piperidine rings is 1. The van der Waals surface area contributed by atoms with E-state index >= 15 is 0 Å². The van der Waals surface area contributed by atoms with Gasteiger partial charge in [0.25, 0.3) is 0 Å². The minimum atomic E-state index is -0.142. The zero-order chi connectivity index (χ0) is 22.8. The van der Waals surface area contributed by atoms with Gasteiger partial charge in [-0.3, -0.25) is 14.7 Å². The number of aliphatic imine (C=N–C) groups is 1. The monoisotopic (exact) mass is 449 g/mol. The summed E-state index contributed by atoms with van der Waals surface area (Å²) in [6, 6.07) is 13.8. The van der Waals surface area contributed by atoms with Crippen LogP contribution < -0.4 is 20.1 Å². The molecule has 0 saturated carbocycles. The molecule has 2 N–H and O–H groups in total. The molecule has 3 heterocycles. The molecule has 0 aliphatic carbocycles. The number of carbonyl (C=O) groups is 1. The molecular weight excluding hydrogens is 418 g/mol. The number of amides is 1. The van der Waals surface area contributed by atoms with Crippen LogP contribution in [0.4, 0.5) is 11.4 Å². The van der Waals surface area contributed by atoms with Gasteiger partial charge in [0.1, 0.15) is 23.0 Å². The molecule has 33 heavy (non-hydrogen) atoms. The fourth-order valence-corrected chi connectivity index (χ4v) is 5.14. The van der Waals surface area contributed by atoms with Gasteiger partial charge >= 0.3 is 0 Å². The Hall–Kier alpha value is -3.26. The molecule has 1 spiro atoms. The average Bonchev–Trinajstić information content (AvgIpc) is 2.85. The van der Waals surface area contributed by atoms with Gasteiger partial charge in [-0.2, -0.15) is 0 Å². The van der Waals surface area contributed by atoms with E-state index in [1.165, 1.54) is 5.56 Å². The number of carbonyl (C=O) groups excluding carboxylic acids is 1. The number of methoxy groups -OCH3 is 2. The third-order valence-electron chi connectivity index (χ3n) is 6.84. The zero-order valence-electron chi connectivity index (χ0n) is 19.3. The van der Waals surface area contributed by atoms with Crippen LogP contribution in [-0.2, 0) is 4.79 Å². The number of hydrogen-bond acceptors (Lipinski definition) is 7. The van der Waals surface area contributed by atoms with Crippen molar-refractivity contribution < 1.29 is 14.3 Å². The van der Waals surface area contributed by atoms with Crippen LogP contribution in [0.25, 0.3) is 0 Å². The fourth-order valence-electron chi connectivity index (χ4n) is 5.14. The topological polar surface area (TPSA) is 78.4 Å². The summed E-state index contributed by atoms with van der Waals surface area (Å²) in [6.07, 6.45) is 2.93. The maximum Gasteiger partial charge on any atom is 0.238 e. The summed E-state index contributed by atoms with van der Waals surface area (Å²) >= 11 is 0. The van der Waals surface area contributed by atoms with Crippen LogP contribution in [0.5, 0.6) is 11.5 Å². The molecule has 3 aliphatic rings. The zero-order valence-corrected chi connectivity index (χ0v) is 19.3. The van der Waals surface area contributed by atoms with Crippen molar-refractivity contribution in [1.82, 2.24) is 9.80 Å². The largest absolute Gasteiger partial charge is 0.497 e. The molecule has 174 valence electrons. The van der Waals surface area contributed by atoms with Crippen LogP contribution in [0, 0.1) is 0 Å². The van der Waals surface area contributed by atoms with E-state index in [1.807, 2.05) is 6.07 Å². The van der Waals surface area contributed by atoms with Crippen molar-refractivity contribution in [3.63, 3.8) is 0 Å². The van der Waals surface area contributed by atoms with Gasteiger partial charge in [-0.1, -0.05) is 12.1 Å². The summed E-state index contributed by atoms with van der Waals surface area (Å²) in [4.78, 5) is 22.4. The van der Waals surface area contributed by atoms with Crippen molar-refractivity contribution in [2.24, 2.45) is 4.99 Å². The molecule has 1 saturated heterocycles. The maximum absolute atomic E-state index is 12.8. The summed E-state index contributed by atoms with van der Waals surface area (Å²) in [7, 11) is 3.20. The predicted octanol–water partition coefficient (Wildman–Crippen LogP) is 3.01. The van der Waals surface area contributed by atoms with Crippen LogP contribution in [0.15, 0.2) is 47.5 Å². The van der Waals surface area contributed by atoms with E-state index in [1.54, 1.807) is 26.4 Å². The van der Waals surface area contributed by atoms with Crippen molar-refractivity contribution >= 4 is 23.1 Å². The molecule has 5 rings (SSSR count). The number of benzene rings is 2. The van der Waals surface area contributed by atoms with Crippen molar-refractivity contribution in [3.05, 3.63) is 48.0 Å². The summed E-state index contributed by atoms with van der Waals surface area (Å²) in [5, 5.41) is 6.82. The van der Waals surface area contributed by atoms with Crippen LogP contribution in [-0.4, -0.2) is 74.1 Å². The number of nitrogens with zero attached hydrogens (tertiary/aromatic N) is 3. The minimum absolute atomic E-state index is 0.0559. The summed E-state index contributed by atoms with van der Waals surface area (Å²) in [5.41, 5.74) is 2.83. The van der Waals surface area contributed by atoms with E-state index < -0.39 is 0 Å². The lowest BCUT2D eigenvalue weighted by atomic mass is 9.89. The Bertz CT molecular complexity index is 1060. The predicted molar refractivity (Wildman–Crippen MR) is 129 cm³/mol. The Morgan fingerprint density at radius 3 is 2.73 bits per heavy atom. The lowest BCUT2D eigenvalue weighted by Gasteiger charge is -2.54. The lowest BCUT2D eigenvalue weighted by Crippen LogP contribution is -2.65. The summed E-state index contributed by atoms with van der Waals surface area (Å²) < 4.78 is 10.7. The molecule has 3 aliphatic heterocycles. The van der Waals surface area contributed by atoms with Crippen LogP contribution in [0.1, 0.15) is 24.8 Å². The Morgan fingerprint density at radius 1 is 1.12 bits per heavy atom. The number of fused-ring (bicyclic) bond motifs is 4. The normalized spacial score (nSPS) is 19.1. The minimum Gasteiger partial charge on any atom is -0.497 e. The van der Waals surface area contributed by atoms with Crippen molar-refractivity contribution in [3.8, 4) is 11.5 Å². The lowest BCUT2D eigenvalue weighted by molar-refractivity contribution is -0.117. The SMILES string of the molecule is COc1ccc(OC)c(NC(=O)CN2CCC3(CC2)Nc2ccccc2C2=NCCCN23)c1. The quantitative estimate of drug-likeness (QED) is 0.731. The highest BCUT2D eigenvalue weighted by atomic mass is 16.5. The van der Waals surface area contributed by atoms with Gasteiger partial charge in [0.15, 0.2) is 0 Å². The Labute approximate surface area is 194 Å². The number of ether oxygens (including phenoxy) is 2. The molecule has 8 nitrogen and oxygen atoms in total. The summed E-state index contributed by atoms with van der Waals surface area (Å²) in [5.74, 6) is 2.35. The van der Waals surface area contributed by atoms with E-state index in [4.69, 9.17) is 14.5 Å². The van der Waals surface area contributed by atoms with Gasteiger partial charge in [0, 0.05) is 56.3 Å². The number of hydrogen-bond donors (Lipinski definition) is 2. The molecular formula is C25H31N5O3. The van der Waals surface area contributed by atoms with Gasteiger partial charge in [0.2, 0.25) is 5.91 Å². The number of anilines is 2. The van der Waals surface area contributed by atoms with E-state index in [2.05, 4.69) is 44.7 Å². The van der Waals surface area contributed by atoms with E-state index in [9.17, 15) is 4.79 Å². The first-order valence-corrected chi connectivity index (χ1v) is 11.6. The Balaban J connectivity index is 1.26. The van der Waals surface area contributed by atoms with Gasteiger partial charge in [-0.05, 0) is 30.7 Å². The number of rotatable bonds is 5. The third kappa shape index (κ3) is 4.11. The molecule has 8 heteroatoms. The highest BCUT2D eigenvalue weighted by molar-refractivity contribution is 6.06. The molecule has 0 aromatic heterocycles. The average molecular weight is 450 g/mol. The van der Waals surface area contributed by atoms with Crippen molar-refractivity contribution in [1.29, 1.82) is 0 Å². The van der Waals surface area contributed by atoms with E-state index in [0.29, 0.717) is 23.7 Å². The molecule has 0 bridgehead atoms. The van der Waals surface area contributed by atoms with Crippen LogP contribution in [0.3, 0.4) is 0 Å². The summed E-state index contributed by atoms with van der Waals surface area (Å²) in [6.45, 7) is 3.91. The smallest absolute Gasteiger partial charge is 0.238 e. The highest BCUT2D eigenvalue weighted by Gasteiger charge is 2.45. The highest BCUT2D eigenvalue weighted by Crippen LogP contribution is 2.39. The Morgan fingerprint density at radius 2 is 1.94 bits per heavy atom. The number of likely N-dealkylation sites (tertiary alicyclic amines) is 1. The molecule has 0 atom stereocenters. The molecule has 2 aromatic carbocycles. The van der Waals surface area contributed by atoms with Crippen LogP contribution >= 0.6 is 0 Å². The van der Waals surface area contributed by atoms with Crippen molar-refractivity contribution in [2.75, 3.05) is 57.6 Å². The van der Waals surface area contributed by atoms with Gasteiger partial charge in [-0.25, -0.2) is 0 Å².